The number of benzene rings is 2. The van der Waals surface area contributed by atoms with E-state index in [-0.39, 0.29) is 11.9 Å². The lowest BCUT2D eigenvalue weighted by Gasteiger charge is -2.22. The predicted molar refractivity (Wildman–Crippen MR) is 99.7 cm³/mol. The lowest BCUT2D eigenvalue weighted by atomic mass is 10.1. The summed E-state index contributed by atoms with van der Waals surface area (Å²) in [4.78, 5) is 20.2. The SMILES string of the molecule is CN(C)CCC(Oc1ccc(C(F)(F)F)cc1)c1ccc(F)cc1.O=C(O)C(=O)O. The van der Waals surface area contributed by atoms with Gasteiger partial charge in [-0.25, -0.2) is 14.0 Å². The summed E-state index contributed by atoms with van der Waals surface area (Å²) in [7, 11) is 3.83. The Labute approximate surface area is 170 Å². The maximum atomic E-state index is 13.1. The molecule has 2 N–H and O–H groups in total. The van der Waals surface area contributed by atoms with Crippen LogP contribution in [0.3, 0.4) is 0 Å². The van der Waals surface area contributed by atoms with E-state index >= 15 is 0 Å². The molecule has 1 unspecified atom stereocenters. The Kier molecular flexibility index (Phi) is 9.25. The molecule has 0 aliphatic carbocycles. The van der Waals surface area contributed by atoms with Gasteiger partial charge < -0.3 is 19.8 Å². The molecule has 0 fully saturated rings. The largest absolute Gasteiger partial charge is 0.486 e. The van der Waals surface area contributed by atoms with Crippen LogP contribution in [0.25, 0.3) is 0 Å². The molecular formula is C20H21F4NO5. The van der Waals surface area contributed by atoms with Crippen LogP contribution in [-0.2, 0) is 15.8 Å². The Hall–Kier alpha value is -3.14. The molecule has 0 aliphatic rings. The van der Waals surface area contributed by atoms with Crippen LogP contribution in [0.1, 0.15) is 23.7 Å². The van der Waals surface area contributed by atoms with Crippen LogP contribution in [0.4, 0.5) is 17.6 Å². The fraction of sp³-hybridized carbons (Fsp3) is 0.300. The summed E-state index contributed by atoms with van der Waals surface area (Å²) in [5.74, 6) is -3.65. The van der Waals surface area contributed by atoms with Crippen LogP contribution < -0.4 is 4.74 Å². The monoisotopic (exact) mass is 431 g/mol. The molecule has 10 heteroatoms. The third-order valence-corrected chi connectivity index (χ3v) is 3.72. The number of hydrogen-bond acceptors (Lipinski definition) is 4. The molecule has 0 spiro atoms. The molecule has 2 aromatic carbocycles. The molecule has 0 saturated heterocycles. The van der Waals surface area contributed by atoms with Crippen molar-refractivity contribution in [2.45, 2.75) is 18.7 Å². The van der Waals surface area contributed by atoms with Gasteiger partial charge in [0.05, 0.1) is 5.56 Å². The second-order valence-electron chi connectivity index (χ2n) is 6.38. The van der Waals surface area contributed by atoms with Crippen molar-refractivity contribution in [3.8, 4) is 5.75 Å². The van der Waals surface area contributed by atoms with E-state index in [2.05, 4.69) is 0 Å². The minimum absolute atomic E-state index is 0.344. The first-order chi connectivity index (χ1) is 13.9. The number of ether oxygens (including phenoxy) is 1. The van der Waals surface area contributed by atoms with Gasteiger partial charge in [-0.2, -0.15) is 13.2 Å². The summed E-state index contributed by atoms with van der Waals surface area (Å²) in [5.41, 5.74) is 0.0552. The van der Waals surface area contributed by atoms with Crippen LogP contribution in [0.2, 0.25) is 0 Å². The van der Waals surface area contributed by atoms with Gasteiger partial charge >= 0.3 is 18.1 Å². The number of aliphatic carboxylic acids is 2. The first-order valence-corrected chi connectivity index (χ1v) is 8.60. The van der Waals surface area contributed by atoms with E-state index in [0.717, 1.165) is 24.2 Å². The predicted octanol–water partition coefficient (Wildman–Crippen LogP) is 4.07. The summed E-state index contributed by atoms with van der Waals surface area (Å²) in [6.45, 7) is 0.725. The number of rotatable bonds is 6. The van der Waals surface area contributed by atoms with Crippen LogP contribution >= 0.6 is 0 Å². The van der Waals surface area contributed by atoms with Crippen LogP contribution in [-0.4, -0.2) is 47.7 Å². The fourth-order valence-corrected chi connectivity index (χ4v) is 2.23. The summed E-state index contributed by atoms with van der Waals surface area (Å²) < 4.78 is 56.8. The number of carboxylic acids is 2. The van der Waals surface area contributed by atoms with Crippen molar-refractivity contribution in [3.05, 3.63) is 65.5 Å². The Morgan fingerprint density at radius 3 is 1.87 bits per heavy atom. The maximum absolute atomic E-state index is 13.1. The minimum Gasteiger partial charge on any atom is -0.486 e. The average molecular weight is 431 g/mol. The Morgan fingerprint density at radius 1 is 0.967 bits per heavy atom. The Bertz CT molecular complexity index is 809. The van der Waals surface area contributed by atoms with Crippen LogP contribution in [0.5, 0.6) is 5.75 Å². The topological polar surface area (TPSA) is 87.1 Å². The number of alkyl halides is 3. The number of halogens is 4. The molecular weight excluding hydrogens is 410 g/mol. The van der Waals surface area contributed by atoms with E-state index in [0.29, 0.717) is 12.2 Å². The standard InChI is InChI=1S/C18H19F4NO.C2H2O4/c1-23(2)12-11-17(13-3-7-15(19)8-4-13)24-16-9-5-14(6-10-16)18(20,21)22;3-1(4)2(5)6/h3-10,17H,11-12H2,1-2H3;(H,3,4)(H,5,6). The molecule has 6 nitrogen and oxygen atoms in total. The van der Waals surface area contributed by atoms with Crippen molar-refractivity contribution in [2.75, 3.05) is 20.6 Å². The lowest BCUT2D eigenvalue weighted by molar-refractivity contribution is -0.159. The quantitative estimate of drug-likeness (QED) is 0.530. The highest BCUT2D eigenvalue weighted by atomic mass is 19.4. The van der Waals surface area contributed by atoms with Crippen molar-refractivity contribution < 1.29 is 42.1 Å². The lowest BCUT2D eigenvalue weighted by Crippen LogP contribution is -2.19. The highest BCUT2D eigenvalue weighted by Gasteiger charge is 2.30. The second-order valence-corrected chi connectivity index (χ2v) is 6.38. The highest BCUT2D eigenvalue weighted by molar-refractivity contribution is 6.27. The van der Waals surface area contributed by atoms with Crippen LogP contribution in [0.15, 0.2) is 48.5 Å². The first kappa shape index (κ1) is 24.9. The van der Waals surface area contributed by atoms with Crippen molar-refractivity contribution in [3.63, 3.8) is 0 Å². The average Bonchev–Trinajstić information content (AvgIpc) is 2.66. The molecule has 0 saturated carbocycles. The second kappa shape index (κ2) is 11.1. The minimum atomic E-state index is -4.38. The maximum Gasteiger partial charge on any atom is 0.416 e. The van der Waals surface area contributed by atoms with E-state index in [9.17, 15) is 17.6 Å². The Morgan fingerprint density at radius 2 is 1.47 bits per heavy atom. The van der Waals surface area contributed by atoms with Crippen molar-refractivity contribution in [1.29, 1.82) is 0 Å². The number of carbonyl (C=O) groups is 2. The van der Waals surface area contributed by atoms with E-state index in [4.69, 9.17) is 24.5 Å². The van der Waals surface area contributed by atoms with Gasteiger partial charge in [-0.05, 0) is 56.1 Å². The zero-order valence-corrected chi connectivity index (χ0v) is 16.2. The third-order valence-electron chi connectivity index (χ3n) is 3.72. The van der Waals surface area contributed by atoms with Crippen molar-refractivity contribution >= 4 is 11.9 Å². The number of hydrogen-bond donors (Lipinski definition) is 2. The number of carboxylic acid groups (broad SMARTS) is 2. The van der Waals surface area contributed by atoms with Gasteiger partial charge in [0.15, 0.2) is 0 Å². The summed E-state index contributed by atoms with van der Waals surface area (Å²) in [6.07, 6.45) is -4.12. The van der Waals surface area contributed by atoms with Gasteiger partial charge in [0.2, 0.25) is 0 Å². The molecule has 164 valence electrons. The third kappa shape index (κ3) is 8.91. The van der Waals surface area contributed by atoms with Crippen molar-refractivity contribution in [1.82, 2.24) is 4.90 Å². The van der Waals surface area contributed by atoms with Gasteiger partial charge in [-0.15, -0.1) is 0 Å². The first-order valence-electron chi connectivity index (χ1n) is 8.60. The molecule has 1 atom stereocenters. The van der Waals surface area contributed by atoms with Crippen LogP contribution in [0, 0.1) is 5.82 Å². The smallest absolute Gasteiger partial charge is 0.416 e. The zero-order valence-electron chi connectivity index (χ0n) is 16.2. The van der Waals surface area contributed by atoms with E-state index in [1.54, 1.807) is 12.1 Å². The van der Waals surface area contributed by atoms with Crippen molar-refractivity contribution in [2.24, 2.45) is 0 Å². The summed E-state index contributed by atoms with van der Waals surface area (Å²) in [6, 6.07) is 10.5. The molecule has 0 heterocycles. The van der Waals surface area contributed by atoms with Gasteiger partial charge in [-0.3, -0.25) is 0 Å². The summed E-state index contributed by atoms with van der Waals surface area (Å²) >= 11 is 0. The normalized spacial score (nSPS) is 12.0. The molecule has 2 aromatic rings. The van der Waals surface area contributed by atoms with Gasteiger partial charge in [0, 0.05) is 13.0 Å². The fourth-order valence-electron chi connectivity index (χ4n) is 2.23. The van der Waals surface area contributed by atoms with E-state index in [1.165, 1.54) is 24.3 Å². The molecule has 30 heavy (non-hydrogen) atoms. The highest BCUT2D eigenvalue weighted by Crippen LogP contribution is 2.32. The van der Waals surface area contributed by atoms with Gasteiger partial charge in [0.1, 0.15) is 17.7 Å². The van der Waals surface area contributed by atoms with E-state index < -0.39 is 23.7 Å². The molecule has 0 radical (unpaired) electrons. The van der Waals surface area contributed by atoms with Gasteiger partial charge in [-0.1, -0.05) is 12.1 Å². The summed E-state index contributed by atoms with van der Waals surface area (Å²) in [5, 5.41) is 14.8. The zero-order chi connectivity index (χ0) is 22.9. The number of nitrogens with zero attached hydrogens (tertiary/aromatic N) is 1. The molecule has 2 rings (SSSR count). The van der Waals surface area contributed by atoms with Gasteiger partial charge in [0.25, 0.3) is 0 Å². The molecule has 0 bridgehead atoms. The molecule has 0 aliphatic heterocycles. The molecule has 0 aromatic heterocycles. The van der Waals surface area contributed by atoms with E-state index in [1.807, 2.05) is 19.0 Å². The Balaban J connectivity index is 0.000000656. The molecule has 0 amide bonds.